The van der Waals surface area contributed by atoms with Crippen molar-refractivity contribution in [1.82, 2.24) is 29.7 Å². The number of nitrogens with two attached hydrogens (primary N) is 2. The number of nitrogens with zero attached hydrogens (tertiary/aromatic N) is 4. The molecule has 0 unspecified atom stereocenters. The van der Waals surface area contributed by atoms with E-state index in [1.807, 2.05) is 27.7 Å². The van der Waals surface area contributed by atoms with E-state index in [1.165, 1.54) is 0 Å². The molecule has 0 aliphatic carbocycles. The number of esters is 3. The van der Waals surface area contributed by atoms with Gasteiger partial charge >= 0.3 is 17.9 Å². The number of aromatic nitrogens is 4. The van der Waals surface area contributed by atoms with Gasteiger partial charge in [0.2, 0.25) is 13.4 Å². The minimum absolute atomic E-state index is 0. The van der Waals surface area contributed by atoms with Crippen molar-refractivity contribution in [3.8, 4) is 0 Å². The van der Waals surface area contributed by atoms with Crippen LogP contribution in [0.25, 0.3) is 11.2 Å². The Morgan fingerprint density at radius 1 is 0.852 bits per heavy atom. The number of fused-ring (bicyclic) bond motifs is 1. The molecule has 0 aromatic carbocycles. The number of imidazole rings is 1. The van der Waals surface area contributed by atoms with Crippen LogP contribution in [0.15, 0.2) is 19.0 Å². The van der Waals surface area contributed by atoms with Gasteiger partial charge in [-0.2, -0.15) is 9.97 Å². The van der Waals surface area contributed by atoms with E-state index in [0.717, 1.165) is 38.5 Å². The molecule has 0 bridgehead atoms. The number of nitrogen functional groups attached to an aromatic ring is 1. The van der Waals surface area contributed by atoms with Crippen LogP contribution in [0.4, 0.5) is 11.8 Å². The second-order valence-electron chi connectivity index (χ2n) is 12.2. The summed E-state index contributed by atoms with van der Waals surface area (Å²) in [5.74, 6) is -0.713. The van der Waals surface area contributed by atoms with E-state index >= 15 is 0 Å². The number of carbonyl (C=O) groups is 3. The minimum atomic E-state index is -3.65. The number of halogens is 1. The zero-order chi connectivity index (χ0) is 39.6. The molecule has 0 aliphatic heterocycles. The van der Waals surface area contributed by atoms with E-state index in [4.69, 9.17) is 30.4 Å². The first-order chi connectivity index (χ1) is 25.4. The number of unbranched alkanes of at least 4 members (excludes halogenated alkanes) is 3. The van der Waals surface area contributed by atoms with Crippen LogP contribution in [0.5, 0.6) is 0 Å². The van der Waals surface area contributed by atoms with Gasteiger partial charge in [-0.25, -0.2) is 15.2 Å². The van der Waals surface area contributed by atoms with Gasteiger partial charge in [0.25, 0.3) is 0 Å². The van der Waals surface area contributed by atoms with E-state index in [9.17, 15) is 18.9 Å². The predicted molar refractivity (Wildman–Crippen MR) is 214 cm³/mol. The lowest BCUT2D eigenvalue weighted by atomic mass is 10.2. The van der Waals surface area contributed by atoms with Crippen LogP contribution in [0.1, 0.15) is 99.3 Å². The van der Waals surface area contributed by atoms with Crippen LogP contribution in [0.2, 0.25) is 0 Å². The fourth-order valence-electron chi connectivity index (χ4n) is 4.44. The largest absolute Gasteiger partial charge is 0.465 e. The molecule has 2 aromatic heterocycles. The molecule has 310 valence electrons. The summed E-state index contributed by atoms with van der Waals surface area (Å²) in [5, 5.41) is 8.92. The van der Waals surface area contributed by atoms with Gasteiger partial charge in [-0.05, 0) is 38.5 Å². The molecule has 19 heteroatoms. The third-order valence-electron chi connectivity index (χ3n) is 7.73. The number of anilines is 2. The molecular formula is C35H65ClN9O8P. The summed E-state index contributed by atoms with van der Waals surface area (Å²) < 4.78 is 37.3. The minimum Gasteiger partial charge on any atom is -0.465 e. The van der Waals surface area contributed by atoms with Gasteiger partial charge in [0.15, 0.2) is 17.0 Å². The maximum absolute atomic E-state index is 14.1. The summed E-state index contributed by atoms with van der Waals surface area (Å²) in [7, 11) is -3.65. The van der Waals surface area contributed by atoms with Crippen molar-refractivity contribution in [3.05, 3.63) is 19.0 Å². The van der Waals surface area contributed by atoms with Gasteiger partial charge in [0.05, 0.1) is 32.8 Å². The molecule has 0 aliphatic rings. The molecule has 54 heavy (non-hydrogen) atoms. The number of hydrogen-bond donors (Lipinski definition) is 5. The highest BCUT2D eigenvalue weighted by atomic mass is 35.5. The fraction of sp³-hybridized carbons (Fsp3) is 0.714. The lowest BCUT2D eigenvalue weighted by Crippen LogP contribution is -2.44. The topological polar surface area (TPSA) is 237 Å². The van der Waals surface area contributed by atoms with Crippen molar-refractivity contribution < 1.29 is 37.9 Å². The van der Waals surface area contributed by atoms with Crippen LogP contribution < -0.4 is 27.0 Å². The molecule has 0 fully saturated rings. The van der Waals surface area contributed by atoms with Crippen molar-refractivity contribution in [1.29, 1.82) is 0 Å². The molecule has 2 aromatic rings. The molecule has 3 atom stereocenters. The van der Waals surface area contributed by atoms with Crippen LogP contribution >= 0.6 is 19.9 Å². The maximum Gasteiger partial charge on any atom is 0.323 e. The van der Waals surface area contributed by atoms with E-state index in [-0.39, 0.29) is 50.5 Å². The summed E-state index contributed by atoms with van der Waals surface area (Å²) in [6.45, 7) is 17.2. The standard InChI is InChI=1S/C27H47N8O6P.C8H17NO2.ClH/c1-6-11-15-40-25(36)20(9-4)33-42(38,34-21(10-5)26(37)41-16-12-7-2)19-39-17-14-35-18-30-22-23(29-13-8-3)31-27(28)32-24(22)35;1-3-5-6-11-8(10)7(9)4-2;/h8,18,20-21H,3,6-7,9-17,19H2,1-2,4-5H3,(H2,33,34,38)(H3,28,29,31,32);7H,3-6,9H2,1-2H3;1H/t20-,21-;7-;/m00./s1. The average Bonchev–Trinajstić information content (AvgIpc) is 3.56. The monoisotopic (exact) mass is 805 g/mol. The molecular weight excluding hydrogens is 741 g/mol. The van der Waals surface area contributed by atoms with E-state index in [1.54, 1.807) is 30.8 Å². The van der Waals surface area contributed by atoms with Gasteiger partial charge < -0.3 is 40.3 Å². The Labute approximate surface area is 326 Å². The third-order valence-corrected chi connectivity index (χ3v) is 9.73. The zero-order valence-corrected chi connectivity index (χ0v) is 34.7. The second-order valence-corrected chi connectivity index (χ2v) is 14.5. The average molecular weight is 806 g/mol. The molecule has 0 radical (unpaired) electrons. The molecule has 2 heterocycles. The second kappa shape index (κ2) is 29.0. The van der Waals surface area contributed by atoms with Crippen LogP contribution in [0.3, 0.4) is 0 Å². The molecule has 7 N–H and O–H groups in total. The van der Waals surface area contributed by atoms with Crippen molar-refractivity contribution in [2.75, 3.05) is 50.4 Å². The van der Waals surface area contributed by atoms with Crippen LogP contribution in [-0.4, -0.2) is 94.9 Å². The lowest BCUT2D eigenvalue weighted by molar-refractivity contribution is -0.146. The van der Waals surface area contributed by atoms with Gasteiger partial charge in [-0.3, -0.25) is 18.9 Å². The number of rotatable bonds is 27. The van der Waals surface area contributed by atoms with Gasteiger partial charge in [0, 0.05) is 13.1 Å². The molecule has 2 rings (SSSR count). The quantitative estimate of drug-likeness (QED) is 0.0260. The smallest absolute Gasteiger partial charge is 0.323 e. The fourth-order valence-corrected chi connectivity index (χ4v) is 6.63. The predicted octanol–water partition coefficient (Wildman–Crippen LogP) is 5.09. The Kier molecular flexibility index (Phi) is 27.2. The van der Waals surface area contributed by atoms with E-state index in [2.05, 4.69) is 37.0 Å². The zero-order valence-electron chi connectivity index (χ0n) is 33.0. The van der Waals surface area contributed by atoms with Crippen molar-refractivity contribution >= 4 is 60.7 Å². The number of nitrogens with one attached hydrogen (secondary N) is 3. The van der Waals surface area contributed by atoms with Gasteiger partial charge in [-0.1, -0.05) is 66.9 Å². The summed E-state index contributed by atoms with van der Waals surface area (Å²) in [4.78, 5) is 49.2. The van der Waals surface area contributed by atoms with Crippen LogP contribution in [-0.2, 0) is 44.4 Å². The Morgan fingerprint density at radius 2 is 1.37 bits per heavy atom. The molecule has 0 amide bonds. The Hall–Kier alpha value is -3.34. The summed E-state index contributed by atoms with van der Waals surface area (Å²) in [5.41, 5.74) is 12.4. The Morgan fingerprint density at radius 3 is 1.83 bits per heavy atom. The van der Waals surface area contributed by atoms with E-state index < -0.39 is 37.5 Å². The lowest BCUT2D eigenvalue weighted by Gasteiger charge is -2.28. The first-order valence-electron chi connectivity index (χ1n) is 18.7. The molecule has 17 nitrogen and oxygen atoms in total. The van der Waals surface area contributed by atoms with Crippen molar-refractivity contribution in [3.63, 3.8) is 0 Å². The molecule has 0 saturated carbocycles. The first kappa shape index (κ1) is 50.7. The number of carbonyl (C=O) groups excluding carboxylic acids is 3. The molecule has 0 spiro atoms. The maximum atomic E-state index is 14.1. The Bertz CT molecular complexity index is 1400. The summed E-state index contributed by atoms with van der Waals surface area (Å²) in [6, 6.07) is -2.14. The first-order valence-corrected chi connectivity index (χ1v) is 20.6. The highest BCUT2D eigenvalue weighted by molar-refractivity contribution is 7.59. The Balaban J connectivity index is 0.00000202. The summed E-state index contributed by atoms with van der Waals surface area (Å²) >= 11 is 0. The SMILES string of the molecule is C=CCNc1nc(N)nc2c1ncn2CCOCP(=O)(N[C@@H](CC)C(=O)OCCCC)N[C@@H](CC)C(=O)OCCCC.CCCCOC(=O)[C@@H](N)CC.Cl. The number of ether oxygens (including phenoxy) is 4. The highest BCUT2D eigenvalue weighted by Crippen LogP contribution is 2.38. The third kappa shape index (κ3) is 18.8. The van der Waals surface area contributed by atoms with Gasteiger partial charge in [-0.15, -0.1) is 19.0 Å². The van der Waals surface area contributed by atoms with Crippen molar-refractivity contribution in [2.45, 2.75) is 124 Å². The van der Waals surface area contributed by atoms with Gasteiger partial charge in [0.1, 0.15) is 24.5 Å². The normalized spacial score (nSPS) is 12.7. The van der Waals surface area contributed by atoms with E-state index in [0.29, 0.717) is 55.9 Å². The van der Waals surface area contributed by atoms with Crippen molar-refractivity contribution in [2.24, 2.45) is 5.73 Å². The number of hydrogen-bond acceptors (Lipinski definition) is 14. The summed E-state index contributed by atoms with van der Waals surface area (Å²) in [6.07, 6.45) is 9.47. The van der Waals surface area contributed by atoms with Crippen LogP contribution in [0, 0.1) is 0 Å². The highest BCUT2D eigenvalue weighted by Gasteiger charge is 2.34. The molecule has 0 saturated heterocycles.